The van der Waals surface area contributed by atoms with Crippen LogP contribution in [0.4, 0.5) is 0 Å². The van der Waals surface area contributed by atoms with Crippen LogP contribution in [0.3, 0.4) is 0 Å². The van der Waals surface area contributed by atoms with Gasteiger partial charge in [0, 0.05) is 12.4 Å². The summed E-state index contributed by atoms with van der Waals surface area (Å²) in [5.74, 6) is 0. The molecular weight excluding hydrogens is 302 g/mol. The second-order valence-corrected chi connectivity index (χ2v) is 7.71. The van der Waals surface area contributed by atoms with Gasteiger partial charge >= 0.3 is 0 Å². The number of hydrogen-bond acceptors (Lipinski definition) is 0. The van der Waals surface area contributed by atoms with Crippen LogP contribution in [0.1, 0.15) is 117 Å². The smallest absolute Gasteiger partial charge is 0.0537 e. The first-order valence-corrected chi connectivity index (χ1v) is 11.1. The highest BCUT2D eigenvalue weighted by Gasteiger charge is 2.11. The number of allylic oxidation sites excluding steroid dienone is 2. The van der Waals surface area contributed by atoms with Crippen molar-refractivity contribution >= 4 is 0 Å². The van der Waals surface area contributed by atoms with Gasteiger partial charge < -0.3 is 4.57 Å². The first-order chi connectivity index (χ1) is 12.3. The largest absolute Gasteiger partial charge is 0.347 e. The van der Waals surface area contributed by atoms with Crippen molar-refractivity contribution in [2.75, 3.05) is 0 Å². The molecule has 0 fully saturated rings. The van der Waals surface area contributed by atoms with Crippen LogP contribution in [0.15, 0.2) is 36.2 Å². The summed E-state index contributed by atoms with van der Waals surface area (Å²) >= 11 is 0. The molecule has 0 saturated carbocycles. The molecule has 1 atom stereocenters. The molecule has 1 aromatic rings. The Balaban J connectivity index is 2.14. The third-order valence-corrected chi connectivity index (χ3v) is 5.37. The molecule has 0 radical (unpaired) electrons. The molecule has 25 heavy (non-hydrogen) atoms. The Bertz CT molecular complexity index is 415. The van der Waals surface area contributed by atoms with Crippen LogP contribution >= 0.6 is 0 Å². The van der Waals surface area contributed by atoms with Crippen LogP contribution in [0, 0.1) is 0 Å². The molecule has 0 saturated heterocycles. The Hall–Kier alpha value is -0.980. The lowest BCUT2D eigenvalue weighted by Crippen LogP contribution is -2.08. The molecule has 1 unspecified atom stereocenters. The summed E-state index contributed by atoms with van der Waals surface area (Å²) in [4.78, 5) is 0. The maximum atomic E-state index is 2.51. The molecule has 0 bridgehead atoms. The van der Waals surface area contributed by atoms with E-state index in [9.17, 15) is 0 Å². The van der Waals surface area contributed by atoms with Gasteiger partial charge in [0.25, 0.3) is 0 Å². The molecule has 0 N–H and O–H groups in total. The Kier molecular flexibility index (Phi) is 13.5. The Morgan fingerprint density at radius 3 is 1.84 bits per heavy atom. The van der Waals surface area contributed by atoms with Gasteiger partial charge in [0.1, 0.15) is 0 Å². The van der Waals surface area contributed by atoms with Gasteiger partial charge in [-0.2, -0.15) is 0 Å². The van der Waals surface area contributed by atoms with Crippen LogP contribution in [-0.2, 0) is 0 Å². The van der Waals surface area contributed by atoms with Gasteiger partial charge in [-0.1, -0.05) is 96.1 Å². The molecule has 0 aliphatic carbocycles. The second-order valence-electron chi connectivity index (χ2n) is 7.71. The molecular formula is C24H43N. The summed E-state index contributed by atoms with van der Waals surface area (Å²) in [6.45, 7) is 6.91. The quantitative estimate of drug-likeness (QED) is 0.209. The predicted octanol–water partition coefficient (Wildman–Crippen LogP) is 8.48. The number of aromatic nitrogens is 1. The molecule has 1 heteroatoms. The van der Waals surface area contributed by atoms with Gasteiger partial charge in [-0.05, 0) is 38.3 Å². The van der Waals surface area contributed by atoms with E-state index < -0.39 is 0 Å². The zero-order valence-electron chi connectivity index (χ0n) is 17.3. The molecule has 1 rings (SSSR count). The first-order valence-electron chi connectivity index (χ1n) is 11.1. The normalized spacial score (nSPS) is 13.3. The topological polar surface area (TPSA) is 4.93 Å². The average Bonchev–Trinajstić information content (AvgIpc) is 3.14. The van der Waals surface area contributed by atoms with E-state index in [0.717, 1.165) is 0 Å². The number of nitrogens with zero attached hydrogens (tertiary/aromatic N) is 1. The molecule has 1 nitrogen and oxygen atoms in total. The minimum atomic E-state index is 0.568. The van der Waals surface area contributed by atoms with Crippen LogP contribution < -0.4 is 0 Å². The van der Waals surface area contributed by atoms with Gasteiger partial charge in [0.05, 0.1) is 6.04 Å². The van der Waals surface area contributed by atoms with E-state index in [1.54, 1.807) is 5.57 Å². The summed E-state index contributed by atoms with van der Waals surface area (Å²) in [7, 11) is 0. The van der Waals surface area contributed by atoms with Gasteiger partial charge in [-0.3, -0.25) is 0 Å². The summed E-state index contributed by atoms with van der Waals surface area (Å²) in [5, 5.41) is 0. The third kappa shape index (κ3) is 10.6. The van der Waals surface area contributed by atoms with E-state index in [4.69, 9.17) is 0 Å². The van der Waals surface area contributed by atoms with Crippen molar-refractivity contribution in [2.24, 2.45) is 0 Å². The molecule has 0 amide bonds. The Labute approximate surface area is 157 Å². The molecule has 0 aliphatic rings. The van der Waals surface area contributed by atoms with Crippen LogP contribution in [0.5, 0.6) is 0 Å². The van der Waals surface area contributed by atoms with E-state index in [-0.39, 0.29) is 0 Å². The molecule has 0 aromatic carbocycles. The van der Waals surface area contributed by atoms with Crippen molar-refractivity contribution in [1.29, 1.82) is 0 Å². The summed E-state index contributed by atoms with van der Waals surface area (Å²) in [5.41, 5.74) is 1.56. The highest BCUT2D eigenvalue weighted by Crippen LogP contribution is 2.24. The van der Waals surface area contributed by atoms with E-state index in [1.807, 2.05) is 0 Å². The number of rotatable bonds is 16. The Morgan fingerprint density at radius 1 is 0.760 bits per heavy atom. The van der Waals surface area contributed by atoms with E-state index >= 15 is 0 Å². The average molecular weight is 346 g/mol. The van der Waals surface area contributed by atoms with Crippen molar-refractivity contribution in [3.05, 3.63) is 36.2 Å². The monoisotopic (exact) mass is 345 g/mol. The van der Waals surface area contributed by atoms with Gasteiger partial charge in [0.15, 0.2) is 0 Å². The summed E-state index contributed by atoms with van der Waals surface area (Å²) in [6.07, 6.45) is 26.3. The zero-order chi connectivity index (χ0) is 18.2. The number of hydrogen-bond donors (Lipinski definition) is 0. The van der Waals surface area contributed by atoms with Crippen molar-refractivity contribution in [1.82, 2.24) is 4.57 Å². The predicted molar refractivity (Wildman–Crippen MR) is 113 cm³/mol. The molecule has 144 valence electrons. The minimum Gasteiger partial charge on any atom is -0.347 e. The maximum absolute atomic E-state index is 2.51. The van der Waals surface area contributed by atoms with Crippen molar-refractivity contribution in [3.63, 3.8) is 0 Å². The maximum Gasteiger partial charge on any atom is 0.0537 e. The summed E-state index contributed by atoms with van der Waals surface area (Å²) in [6, 6.07) is 4.86. The fraction of sp³-hybridized carbons (Fsp3) is 0.750. The highest BCUT2D eigenvalue weighted by atomic mass is 15.0. The van der Waals surface area contributed by atoms with Crippen molar-refractivity contribution in [2.45, 2.75) is 117 Å². The SMILES string of the molecule is CCCCCCCCCCCC/C=C(\C)C(CCCC)n1cccc1. The molecule has 1 heterocycles. The third-order valence-electron chi connectivity index (χ3n) is 5.37. The first kappa shape index (κ1) is 22.1. The van der Waals surface area contributed by atoms with Crippen molar-refractivity contribution < 1.29 is 0 Å². The lowest BCUT2D eigenvalue weighted by Gasteiger charge is -2.20. The van der Waals surface area contributed by atoms with Gasteiger partial charge in [-0.25, -0.2) is 0 Å². The molecule has 1 aromatic heterocycles. The van der Waals surface area contributed by atoms with Crippen molar-refractivity contribution in [3.8, 4) is 0 Å². The van der Waals surface area contributed by atoms with Crippen LogP contribution in [-0.4, -0.2) is 4.57 Å². The summed E-state index contributed by atoms with van der Waals surface area (Å²) < 4.78 is 2.39. The van der Waals surface area contributed by atoms with E-state index in [1.165, 1.54) is 89.9 Å². The second kappa shape index (κ2) is 15.3. The lowest BCUT2D eigenvalue weighted by atomic mass is 10.00. The lowest BCUT2D eigenvalue weighted by molar-refractivity contribution is 0.505. The molecule has 0 spiro atoms. The van der Waals surface area contributed by atoms with Gasteiger partial charge in [0.2, 0.25) is 0 Å². The van der Waals surface area contributed by atoms with E-state index in [0.29, 0.717) is 6.04 Å². The minimum absolute atomic E-state index is 0.568. The highest BCUT2D eigenvalue weighted by molar-refractivity contribution is 5.09. The van der Waals surface area contributed by atoms with E-state index in [2.05, 4.69) is 55.9 Å². The standard InChI is InChI=1S/C24H43N/c1-4-6-8-9-10-11-12-13-14-15-16-19-23(3)24(20-7-5-2)25-21-17-18-22-25/h17-19,21-22,24H,4-16,20H2,1-3H3/b23-19+. The number of unbranched alkanes of at least 4 members (excludes halogenated alkanes) is 11. The van der Waals surface area contributed by atoms with Crippen LogP contribution in [0.2, 0.25) is 0 Å². The van der Waals surface area contributed by atoms with Crippen LogP contribution in [0.25, 0.3) is 0 Å². The fourth-order valence-corrected chi connectivity index (χ4v) is 3.66. The fourth-order valence-electron chi connectivity index (χ4n) is 3.66. The zero-order valence-corrected chi connectivity index (χ0v) is 17.3. The Morgan fingerprint density at radius 2 is 1.28 bits per heavy atom. The van der Waals surface area contributed by atoms with Gasteiger partial charge in [-0.15, -0.1) is 0 Å². The molecule has 0 aliphatic heterocycles.